The number of phenols is 1. The fourth-order valence-electron chi connectivity index (χ4n) is 8.24. The fraction of sp³-hybridized carbons (Fsp3) is 0.220. The number of amides is 3. The normalized spacial score (nSPS) is 15.7. The zero-order chi connectivity index (χ0) is 46.9. The lowest BCUT2D eigenvalue weighted by atomic mass is 9.77. The molecule has 1 fully saturated rings. The number of urea groups is 1. The number of rotatable bonds is 18. The minimum Gasteiger partial charge on any atom is -0.507 e. The SMILES string of the molecule is COc1ccc(COC(=O)C2=C(C[n+]3cc(NC(=O)NCCNB(C)O)c(NC(c4ccccc4)(c4ccccc4)c4ccccc4)n3C)CSC3[C@H](/N=C\c4ccccc4O)C(=O)N23)cc1. The maximum Gasteiger partial charge on any atom is 0.373 e. The maximum atomic E-state index is 14.4. The second kappa shape index (κ2) is 20.9. The Bertz CT molecular complexity index is 2660. The van der Waals surface area contributed by atoms with Gasteiger partial charge in [0.25, 0.3) is 5.91 Å². The summed E-state index contributed by atoms with van der Waals surface area (Å²) in [6, 6.07) is 42.9. The third-order valence-electron chi connectivity index (χ3n) is 11.7. The number of carbonyl (C=O) groups excluding carboxylic acids is 3. The first kappa shape index (κ1) is 46.2. The molecule has 0 aliphatic carbocycles. The highest BCUT2D eigenvalue weighted by atomic mass is 32.2. The zero-order valence-corrected chi connectivity index (χ0v) is 38.2. The zero-order valence-electron chi connectivity index (χ0n) is 37.3. The Labute approximate surface area is 393 Å². The highest BCUT2D eigenvalue weighted by Gasteiger charge is 2.54. The van der Waals surface area contributed by atoms with Crippen molar-refractivity contribution >= 4 is 54.4 Å². The molecule has 3 heterocycles. The van der Waals surface area contributed by atoms with Gasteiger partial charge in [0.2, 0.25) is 6.20 Å². The van der Waals surface area contributed by atoms with E-state index in [2.05, 4.69) is 62.6 Å². The standard InChI is InChI=1S/C50H51BN8O7S/c1-51(64)54-28-27-52-49(63)55-41-31-58(57(2)45(41)56-50(37-16-7-4-8-17-37,38-18-9-5-10-19-38)39-20-11-6-12-21-39)30-36-33-67-47-43(53-29-35-15-13-14-22-42(35)60)46(61)59(47)44(36)48(62)66-32-34-23-25-40(65-3)26-24-34/h4-26,29,31,43,47,54,64H,27-28,30,32-33H2,1-3H3,(H3,52,53,55,60,63)/p+1/t43-,47?/m1/s1. The van der Waals surface area contributed by atoms with Crippen LogP contribution in [0.4, 0.5) is 16.3 Å². The van der Waals surface area contributed by atoms with E-state index in [1.807, 2.05) is 83.1 Å². The van der Waals surface area contributed by atoms with Gasteiger partial charge in [-0.15, -0.1) is 21.1 Å². The van der Waals surface area contributed by atoms with Gasteiger partial charge in [-0.3, -0.25) is 20.0 Å². The van der Waals surface area contributed by atoms with Crippen LogP contribution < -0.4 is 30.6 Å². The average molecular weight is 920 g/mol. The van der Waals surface area contributed by atoms with E-state index in [4.69, 9.17) is 9.47 Å². The summed E-state index contributed by atoms with van der Waals surface area (Å²) in [5.74, 6) is 0.554. The van der Waals surface area contributed by atoms with Crippen LogP contribution in [0.15, 0.2) is 162 Å². The third-order valence-corrected chi connectivity index (χ3v) is 13.0. The van der Waals surface area contributed by atoms with Crippen LogP contribution in [0.3, 0.4) is 0 Å². The molecule has 15 nitrogen and oxygen atoms in total. The number of benzene rings is 5. The van der Waals surface area contributed by atoms with Gasteiger partial charge in [0.1, 0.15) is 34.7 Å². The average Bonchev–Trinajstić information content (AvgIpc) is 3.63. The molecule has 67 heavy (non-hydrogen) atoms. The Kier molecular flexibility index (Phi) is 14.4. The number of hydrogen-bond donors (Lipinski definition) is 6. The number of aromatic hydroxyl groups is 1. The number of aliphatic imine (C=N–C) groups is 1. The molecule has 2 aliphatic heterocycles. The number of para-hydroxylation sites is 1. The summed E-state index contributed by atoms with van der Waals surface area (Å²) < 4.78 is 15.0. The van der Waals surface area contributed by atoms with Gasteiger partial charge in [-0.2, -0.15) is 0 Å². The summed E-state index contributed by atoms with van der Waals surface area (Å²) in [6.07, 6.45) is 3.28. The van der Waals surface area contributed by atoms with Crippen molar-refractivity contribution in [2.24, 2.45) is 12.0 Å². The van der Waals surface area contributed by atoms with Crippen LogP contribution >= 0.6 is 11.8 Å². The summed E-state index contributed by atoms with van der Waals surface area (Å²) in [4.78, 5) is 48.2. The number of esters is 1. The second-order valence-electron chi connectivity index (χ2n) is 16.1. The van der Waals surface area contributed by atoms with Gasteiger partial charge in [0.05, 0.1) is 14.2 Å². The lowest BCUT2D eigenvalue weighted by Gasteiger charge is -2.47. The first-order valence-corrected chi connectivity index (χ1v) is 22.9. The van der Waals surface area contributed by atoms with E-state index in [-0.39, 0.29) is 37.1 Å². The lowest BCUT2D eigenvalue weighted by Crippen LogP contribution is -2.64. The van der Waals surface area contributed by atoms with E-state index < -0.39 is 36.0 Å². The molecule has 2 atom stereocenters. The van der Waals surface area contributed by atoms with Gasteiger partial charge in [-0.1, -0.05) is 115 Å². The van der Waals surface area contributed by atoms with Crippen LogP contribution in [0.5, 0.6) is 11.5 Å². The van der Waals surface area contributed by atoms with Crippen molar-refractivity contribution in [3.8, 4) is 11.5 Å². The Hall–Kier alpha value is -7.34. The molecule has 5 aromatic carbocycles. The molecule has 8 rings (SSSR count). The first-order chi connectivity index (χ1) is 32.6. The van der Waals surface area contributed by atoms with Crippen LogP contribution in [0.1, 0.15) is 27.8 Å². The van der Waals surface area contributed by atoms with Crippen molar-refractivity contribution in [2.45, 2.75) is 36.9 Å². The van der Waals surface area contributed by atoms with Crippen molar-refractivity contribution in [1.29, 1.82) is 0 Å². The number of methoxy groups -OCH3 is 1. The molecule has 2 aliphatic rings. The smallest absolute Gasteiger partial charge is 0.373 e. The number of phenolic OH excluding ortho intramolecular Hbond substituents is 1. The minimum absolute atomic E-state index is 0.0397. The summed E-state index contributed by atoms with van der Waals surface area (Å²) >= 11 is 1.48. The van der Waals surface area contributed by atoms with Gasteiger partial charge >= 0.3 is 19.1 Å². The van der Waals surface area contributed by atoms with E-state index >= 15 is 0 Å². The molecule has 1 aromatic heterocycles. The molecule has 0 bridgehead atoms. The number of anilines is 2. The van der Waals surface area contributed by atoms with Gasteiger partial charge in [-0.05, 0) is 53.3 Å². The first-order valence-electron chi connectivity index (χ1n) is 21.9. The van der Waals surface area contributed by atoms with Crippen molar-refractivity contribution < 1.29 is 38.7 Å². The number of nitrogens with one attached hydrogen (secondary N) is 4. The van der Waals surface area contributed by atoms with Crippen molar-refractivity contribution in [1.82, 2.24) is 20.1 Å². The largest absolute Gasteiger partial charge is 0.507 e. The van der Waals surface area contributed by atoms with Gasteiger partial charge < -0.3 is 35.5 Å². The van der Waals surface area contributed by atoms with Gasteiger partial charge in [0.15, 0.2) is 24.1 Å². The van der Waals surface area contributed by atoms with E-state index in [0.717, 1.165) is 22.3 Å². The summed E-state index contributed by atoms with van der Waals surface area (Å²) in [7, 11) is 2.70. The Morgan fingerprint density at radius 2 is 1.51 bits per heavy atom. The van der Waals surface area contributed by atoms with Crippen LogP contribution in [0, 0.1) is 0 Å². The number of thioether (sulfide) groups is 1. The van der Waals surface area contributed by atoms with Gasteiger partial charge in [-0.25, -0.2) is 9.59 Å². The minimum atomic E-state index is -0.985. The molecule has 3 amide bonds. The highest BCUT2D eigenvalue weighted by molar-refractivity contribution is 8.00. The van der Waals surface area contributed by atoms with Crippen LogP contribution in [-0.2, 0) is 40.1 Å². The number of aromatic nitrogens is 2. The molecule has 0 saturated carbocycles. The van der Waals surface area contributed by atoms with Crippen LogP contribution in [0.2, 0.25) is 6.82 Å². The Morgan fingerprint density at radius 1 is 0.896 bits per heavy atom. The molecule has 17 heteroatoms. The maximum absolute atomic E-state index is 14.4. The van der Waals surface area contributed by atoms with Crippen molar-refractivity contribution in [2.75, 3.05) is 36.6 Å². The van der Waals surface area contributed by atoms with E-state index in [1.165, 1.54) is 22.9 Å². The summed E-state index contributed by atoms with van der Waals surface area (Å²) in [6.45, 7) is 2.27. The molecule has 1 saturated heterocycles. The van der Waals surface area contributed by atoms with Crippen LogP contribution in [-0.4, -0.2) is 88.3 Å². The Morgan fingerprint density at radius 3 is 2.10 bits per heavy atom. The molecular weight excluding hydrogens is 867 g/mol. The number of β-lactam (4-membered cyclic amide) rings is 1. The Balaban J connectivity index is 1.20. The number of ether oxygens (including phenoxy) is 2. The summed E-state index contributed by atoms with van der Waals surface area (Å²) in [5, 5.41) is 32.3. The predicted octanol–water partition coefficient (Wildman–Crippen LogP) is 5.65. The van der Waals surface area contributed by atoms with E-state index in [9.17, 15) is 24.5 Å². The monoisotopic (exact) mass is 919 g/mol. The molecule has 6 N–H and O–H groups in total. The van der Waals surface area contributed by atoms with Gasteiger partial charge in [0, 0.05) is 36.2 Å². The summed E-state index contributed by atoms with van der Waals surface area (Å²) in [5.41, 5.74) is 4.22. The number of carbonyl (C=O) groups is 3. The quantitative estimate of drug-likeness (QED) is 0.0120. The second-order valence-corrected chi connectivity index (χ2v) is 17.2. The molecule has 6 aromatic rings. The third kappa shape index (κ3) is 10.1. The number of nitrogens with zero attached hydrogens (tertiary/aromatic N) is 4. The fourth-order valence-corrected chi connectivity index (χ4v) is 9.57. The van der Waals surface area contributed by atoms with Crippen LogP contribution in [0.25, 0.3) is 0 Å². The predicted molar refractivity (Wildman–Crippen MR) is 260 cm³/mol. The van der Waals surface area contributed by atoms with Crippen molar-refractivity contribution in [3.63, 3.8) is 0 Å². The van der Waals surface area contributed by atoms with E-state index in [0.29, 0.717) is 40.7 Å². The van der Waals surface area contributed by atoms with E-state index in [1.54, 1.807) is 56.5 Å². The molecule has 0 radical (unpaired) electrons. The number of hydrogen-bond acceptors (Lipinski definition) is 11. The molecule has 1 unspecified atom stereocenters. The lowest BCUT2D eigenvalue weighted by molar-refractivity contribution is -0.765. The molecule has 0 spiro atoms. The molecule has 342 valence electrons. The molecular formula is C50H52BN8O7S+. The van der Waals surface area contributed by atoms with Crippen molar-refractivity contribution in [3.05, 3.63) is 185 Å². The topological polar surface area (TPSA) is 183 Å². The highest BCUT2D eigenvalue weighted by Crippen LogP contribution is 2.44. The number of fused-ring (bicyclic) bond motifs is 1.